The van der Waals surface area contributed by atoms with Crippen LogP contribution in [0.4, 0.5) is 0 Å². The predicted molar refractivity (Wildman–Crippen MR) is 196 cm³/mol. The molecule has 0 N–H and O–H groups in total. The molecule has 10 heteroatoms. The number of hydrogen-bond donors (Lipinski definition) is 0. The predicted octanol–water partition coefficient (Wildman–Crippen LogP) is 8.73. The maximum atomic E-state index is 12.1. The number of nitrogens with zero attached hydrogens (tertiary/aromatic N) is 6. The second-order valence-electron chi connectivity index (χ2n) is 12.6. The standard InChI is InChI=1S/C21H19N3O2.C20H17N3O2/c1-13-20(15(3)26-23-13)17-9-19-21(22-10-17)18(14(2)25)12-24(19)11-16-7-5-4-6-8-16;1-13-19(14(2)25-22-13)16-8-18-20(21-9-16)17(12-24)11-23(18)10-15-6-4-3-5-7-15/h4-10,12H,11H2,1-3H3;3-9,11-12H,10H2,1-2H3. The lowest BCUT2D eigenvalue weighted by atomic mass is 10.1. The van der Waals surface area contributed by atoms with Crippen LogP contribution in [0.1, 0.15) is 61.7 Å². The molecule has 0 aliphatic carbocycles. The summed E-state index contributed by atoms with van der Waals surface area (Å²) in [6.07, 6.45) is 8.16. The Hall–Kier alpha value is -6.42. The molecule has 10 nitrogen and oxygen atoms in total. The molecule has 0 aliphatic heterocycles. The van der Waals surface area contributed by atoms with E-state index in [1.54, 1.807) is 19.3 Å². The van der Waals surface area contributed by atoms with Gasteiger partial charge in [0, 0.05) is 60.1 Å². The van der Waals surface area contributed by atoms with E-state index in [0.29, 0.717) is 29.7 Å². The van der Waals surface area contributed by atoms with Gasteiger partial charge in [0.15, 0.2) is 12.1 Å². The molecule has 0 radical (unpaired) electrons. The molecule has 0 amide bonds. The van der Waals surface area contributed by atoms with Gasteiger partial charge in [-0.25, -0.2) is 0 Å². The van der Waals surface area contributed by atoms with E-state index in [9.17, 15) is 9.59 Å². The van der Waals surface area contributed by atoms with Gasteiger partial charge >= 0.3 is 0 Å². The highest BCUT2D eigenvalue weighted by molar-refractivity contribution is 6.06. The number of pyridine rings is 2. The van der Waals surface area contributed by atoms with Gasteiger partial charge in [-0.2, -0.15) is 0 Å². The molecule has 0 bridgehead atoms. The monoisotopic (exact) mass is 676 g/mol. The second kappa shape index (κ2) is 13.8. The molecule has 0 aliphatic rings. The van der Waals surface area contributed by atoms with Gasteiger partial charge in [-0.05, 0) is 57.9 Å². The second-order valence-corrected chi connectivity index (χ2v) is 12.6. The third-order valence-corrected chi connectivity index (χ3v) is 9.00. The summed E-state index contributed by atoms with van der Waals surface area (Å²) in [6.45, 7) is 10.5. The molecular weight excluding hydrogens is 640 g/mol. The van der Waals surface area contributed by atoms with E-state index < -0.39 is 0 Å². The quantitative estimate of drug-likeness (QED) is 0.116. The van der Waals surface area contributed by atoms with Crippen LogP contribution in [-0.2, 0) is 13.1 Å². The van der Waals surface area contributed by atoms with Crippen LogP contribution < -0.4 is 0 Å². The zero-order valence-electron chi connectivity index (χ0n) is 29.0. The molecule has 0 saturated heterocycles. The summed E-state index contributed by atoms with van der Waals surface area (Å²) in [7, 11) is 0. The minimum Gasteiger partial charge on any atom is -0.361 e. The molecule has 0 saturated carbocycles. The maximum Gasteiger partial charge on any atom is 0.163 e. The normalized spacial score (nSPS) is 11.2. The van der Waals surface area contributed by atoms with E-state index >= 15 is 0 Å². The lowest BCUT2D eigenvalue weighted by Gasteiger charge is -2.07. The zero-order valence-corrected chi connectivity index (χ0v) is 29.0. The Labute approximate surface area is 294 Å². The Morgan fingerprint density at radius 3 is 1.61 bits per heavy atom. The number of Topliss-reactive ketones (excluding diaryl/α,β-unsaturated/α-hetero) is 1. The van der Waals surface area contributed by atoms with Crippen LogP contribution in [0.2, 0.25) is 0 Å². The van der Waals surface area contributed by atoms with Crippen LogP contribution in [0.3, 0.4) is 0 Å². The molecule has 8 rings (SSSR count). The average molecular weight is 677 g/mol. The highest BCUT2D eigenvalue weighted by Crippen LogP contribution is 2.32. The molecule has 8 aromatic rings. The number of ketones is 1. The molecule has 0 atom stereocenters. The number of rotatable bonds is 8. The van der Waals surface area contributed by atoms with E-state index in [-0.39, 0.29) is 5.78 Å². The summed E-state index contributed by atoms with van der Waals surface area (Å²) < 4.78 is 14.7. The minimum absolute atomic E-state index is 0.0133. The first-order chi connectivity index (χ1) is 24.7. The molecule has 6 aromatic heterocycles. The van der Waals surface area contributed by atoms with Crippen LogP contribution in [0.5, 0.6) is 0 Å². The van der Waals surface area contributed by atoms with Crippen molar-refractivity contribution in [2.45, 2.75) is 47.7 Å². The minimum atomic E-state index is 0.0133. The van der Waals surface area contributed by atoms with Gasteiger partial charge in [0.1, 0.15) is 11.5 Å². The van der Waals surface area contributed by atoms with Gasteiger partial charge in [0.05, 0.1) is 44.6 Å². The van der Waals surface area contributed by atoms with Crippen LogP contribution >= 0.6 is 0 Å². The van der Waals surface area contributed by atoms with Gasteiger partial charge in [-0.15, -0.1) is 0 Å². The number of hydrogen-bond acceptors (Lipinski definition) is 8. The van der Waals surface area contributed by atoms with Crippen LogP contribution in [0.15, 0.2) is 107 Å². The molecule has 2 aromatic carbocycles. The Kier molecular flexibility index (Phi) is 8.98. The first-order valence-electron chi connectivity index (χ1n) is 16.6. The lowest BCUT2D eigenvalue weighted by Crippen LogP contribution is -1.98. The lowest BCUT2D eigenvalue weighted by molar-refractivity contribution is 0.101. The number of aryl methyl sites for hydroxylation is 4. The number of benzene rings is 2. The Morgan fingerprint density at radius 2 is 1.16 bits per heavy atom. The first kappa shape index (κ1) is 33.1. The van der Waals surface area contributed by atoms with E-state index in [2.05, 4.69) is 59.7 Å². The summed E-state index contributed by atoms with van der Waals surface area (Å²) in [5, 5.41) is 8.05. The van der Waals surface area contributed by atoms with E-state index in [1.807, 2.05) is 82.6 Å². The van der Waals surface area contributed by atoms with Gasteiger partial charge in [-0.3, -0.25) is 19.6 Å². The van der Waals surface area contributed by atoms with Crippen LogP contribution in [0, 0.1) is 27.7 Å². The van der Waals surface area contributed by atoms with Gasteiger partial charge in [-0.1, -0.05) is 71.0 Å². The van der Waals surface area contributed by atoms with Gasteiger partial charge < -0.3 is 18.2 Å². The van der Waals surface area contributed by atoms with Crippen molar-refractivity contribution in [3.63, 3.8) is 0 Å². The number of carbonyl (C=O) groups is 2. The van der Waals surface area contributed by atoms with Crippen molar-refractivity contribution in [2.75, 3.05) is 0 Å². The Bertz CT molecular complexity index is 2480. The summed E-state index contributed by atoms with van der Waals surface area (Å²) in [6, 6.07) is 24.4. The van der Waals surface area contributed by atoms with E-state index in [4.69, 9.17) is 9.05 Å². The van der Waals surface area contributed by atoms with Crippen molar-refractivity contribution >= 4 is 34.1 Å². The third kappa shape index (κ3) is 6.51. The highest BCUT2D eigenvalue weighted by atomic mass is 16.5. The molecule has 0 fully saturated rings. The molecule has 254 valence electrons. The fourth-order valence-corrected chi connectivity index (χ4v) is 6.59. The Morgan fingerprint density at radius 1 is 0.686 bits per heavy atom. The fourth-order valence-electron chi connectivity index (χ4n) is 6.59. The maximum absolute atomic E-state index is 12.1. The summed E-state index contributed by atoms with van der Waals surface area (Å²) in [5.74, 6) is 1.53. The molecule has 0 spiro atoms. The molecule has 51 heavy (non-hydrogen) atoms. The average Bonchev–Trinajstić information content (AvgIpc) is 3.88. The summed E-state index contributed by atoms with van der Waals surface area (Å²) >= 11 is 0. The fraction of sp³-hybridized carbons (Fsp3) is 0.171. The van der Waals surface area contributed by atoms with Crippen LogP contribution in [0.25, 0.3) is 44.3 Å². The smallest absolute Gasteiger partial charge is 0.163 e. The van der Waals surface area contributed by atoms with E-state index in [0.717, 1.165) is 68.0 Å². The van der Waals surface area contributed by atoms with Crippen molar-refractivity contribution in [3.05, 3.63) is 143 Å². The number of aldehydes is 1. The third-order valence-electron chi connectivity index (χ3n) is 9.00. The molecular formula is C41H36N6O4. The van der Waals surface area contributed by atoms with Crippen molar-refractivity contribution in [2.24, 2.45) is 0 Å². The van der Waals surface area contributed by atoms with Crippen LogP contribution in [-0.4, -0.2) is 41.5 Å². The highest BCUT2D eigenvalue weighted by Gasteiger charge is 2.19. The topological polar surface area (TPSA) is 122 Å². The first-order valence-corrected chi connectivity index (χ1v) is 16.6. The Balaban J connectivity index is 0.000000159. The number of carbonyl (C=O) groups excluding carboxylic acids is 2. The number of fused-ring (bicyclic) bond motifs is 2. The molecule has 0 unspecified atom stereocenters. The van der Waals surface area contributed by atoms with Crippen molar-refractivity contribution in [3.8, 4) is 22.3 Å². The van der Waals surface area contributed by atoms with Gasteiger partial charge in [0.2, 0.25) is 0 Å². The zero-order chi connectivity index (χ0) is 35.6. The van der Waals surface area contributed by atoms with E-state index in [1.165, 1.54) is 11.1 Å². The molecule has 6 heterocycles. The summed E-state index contributed by atoms with van der Waals surface area (Å²) in [5.41, 5.74) is 12.3. The van der Waals surface area contributed by atoms with Crippen molar-refractivity contribution < 1.29 is 18.6 Å². The SMILES string of the molecule is CC(=O)c1cn(Cc2ccccc2)c2cc(-c3c(C)noc3C)cnc12.Cc1noc(C)c1-c1cnc2c(C=O)cn(Cc3ccccc3)c2c1. The largest absolute Gasteiger partial charge is 0.361 e. The number of aromatic nitrogens is 6. The van der Waals surface area contributed by atoms with Gasteiger partial charge in [0.25, 0.3) is 0 Å². The summed E-state index contributed by atoms with van der Waals surface area (Å²) in [4.78, 5) is 32.6. The van der Waals surface area contributed by atoms with Crippen molar-refractivity contribution in [1.82, 2.24) is 29.4 Å². The van der Waals surface area contributed by atoms with Crippen molar-refractivity contribution in [1.29, 1.82) is 0 Å².